The van der Waals surface area contributed by atoms with E-state index in [1.165, 1.54) is 10.4 Å². The van der Waals surface area contributed by atoms with Crippen LogP contribution in [0.1, 0.15) is 56.0 Å². The highest BCUT2D eigenvalue weighted by molar-refractivity contribution is 7.10. The first-order chi connectivity index (χ1) is 11.1. The van der Waals surface area contributed by atoms with E-state index in [0.29, 0.717) is 12.6 Å². The van der Waals surface area contributed by atoms with E-state index in [4.69, 9.17) is 0 Å². The Kier molecular flexibility index (Phi) is 5.39. The first-order valence-corrected chi connectivity index (χ1v) is 9.76. The third-order valence-electron chi connectivity index (χ3n) is 5.25. The number of aliphatic hydroxyl groups excluding tert-OH is 1. The Hall–Kier alpha value is -0.910. The van der Waals surface area contributed by atoms with Crippen LogP contribution in [0, 0.1) is 0 Å². The fourth-order valence-corrected chi connectivity index (χ4v) is 5.09. The van der Waals surface area contributed by atoms with Crippen LogP contribution < -0.4 is 0 Å². The van der Waals surface area contributed by atoms with Gasteiger partial charge in [0.2, 0.25) is 5.91 Å². The Balaban J connectivity index is 1.66. The van der Waals surface area contributed by atoms with Crippen molar-refractivity contribution < 1.29 is 9.90 Å². The summed E-state index contributed by atoms with van der Waals surface area (Å²) in [6.45, 7) is 6.35. The first-order valence-electron chi connectivity index (χ1n) is 8.88. The summed E-state index contributed by atoms with van der Waals surface area (Å²) in [6.07, 6.45) is 4.70. The normalized spacial score (nSPS) is 26.3. The lowest BCUT2D eigenvalue weighted by Crippen LogP contribution is -2.46. The van der Waals surface area contributed by atoms with Gasteiger partial charge in [0.15, 0.2) is 0 Å². The van der Waals surface area contributed by atoms with Gasteiger partial charge in [0.25, 0.3) is 0 Å². The number of aliphatic hydroxyl groups is 1. The topological polar surface area (TPSA) is 43.8 Å². The van der Waals surface area contributed by atoms with E-state index in [9.17, 15) is 9.90 Å². The van der Waals surface area contributed by atoms with Gasteiger partial charge in [-0.05, 0) is 62.6 Å². The predicted molar refractivity (Wildman–Crippen MR) is 93.7 cm³/mol. The molecule has 0 radical (unpaired) electrons. The Bertz CT molecular complexity index is 543. The molecule has 1 fully saturated rings. The smallest absolute Gasteiger partial charge is 0.237 e. The van der Waals surface area contributed by atoms with E-state index < -0.39 is 0 Å². The number of nitrogens with zero attached hydrogens (tertiary/aromatic N) is 2. The van der Waals surface area contributed by atoms with Gasteiger partial charge in [0, 0.05) is 17.5 Å². The Morgan fingerprint density at radius 3 is 3.04 bits per heavy atom. The zero-order chi connectivity index (χ0) is 16.4. The molecule has 0 spiro atoms. The maximum Gasteiger partial charge on any atom is 0.237 e. The molecule has 2 aliphatic rings. The molecule has 3 atom stereocenters. The van der Waals surface area contributed by atoms with Crippen LogP contribution in [0.2, 0.25) is 0 Å². The lowest BCUT2D eigenvalue weighted by Gasteiger charge is -2.37. The Labute approximate surface area is 143 Å². The average molecular weight is 337 g/mol. The number of likely N-dealkylation sites (tertiary alicyclic amines) is 1. The van der Waals surface area contributed by atoms with Crippen molar-refractivity contribution in [2.75, 3.05) is 19.6 Å². The molecule has 0 aliphatic carbocycles. The number of fused-ring (bicyclic) bond motifs is 1. The average Bonchev–Trinajstić information content (AvgIpc) is 3.15. The predicted octanol–water partition coefficient (Wildman–Crippen LogP) is 2.82. The van der Waals surface area contributed by atoms with Crippen LogP contribution in [0.4, 0.5) is 0 Å². The number of amides is 1. The lowest BCUT2D eigenvalue weighted by molar-refractivity contribution is -0.135. The van der Waals surface area contributed by atoms with Crippen LogP contribution in [0.3, 0.4) is 0 Å². The van der Waals surface area contributed by atoms with Gasteiger partial charge < -0.3 is 10.0 Å². The maximum atomic E-state index is 12.9. The third-order valence-corrected chi connectivity index (χ3v) is 6.25. The van der Waals surface area contributed by atoms with Crippen molar-refractivity contribution >= 4 is 17.2 Å². The molecule has 0 aromatic carbocycles. The van der Waals surface area contributed by atoms with Crippen molar-refractivity contribution in [2.45, 2.75) is 64.1 Å². The van der Waals surface area contributed by atoms with Gasteiger partial charge in [-0.3, -0.25) is 9.69 Å². The molecule has 128 valence electrons. The maximum absolute atomic E-state index is 12.9. The van der Waals surface area contributed by atoms with Crippen LogP contribution in [0.5, 0.6) is 0 Å². The van der Waals surface area contributed by atoms with Crippen molar-refractivity contribution in [1.82, 2.24) is 9.80 Å². The number of thiophene rings is 1. The number of carbonyl (C=O) groups excluding carboxylic acids is 1. The highest BCUT2D eigenvalue weighted by Crippen LogP contribution is 2.35. The molecule has 4 nitrogen and oxygen atoms in total. The Morgan fingerprint density at radius 2 is 2.30 bits per heavy atom. The summed E-state index contributed by atoms with van der Waals surface area (Å²) in [4.78, 5) is 18.7. The fourth-order valence-electron chi connectivity index (χ4n) is 4.16. The molecule has 1 amide bonds. The molecule has 3 unspecified atom stereocenters. The van der Waals surface area contributed by atoms with E-state index in [1.807, 2.05) is 18.3 Å². The van der Waals surface area contributed by atoms with Gasteiger partial charge >= 0.3 is 0 Å². The van der Waals surface area contributed by atoms with Crippen LogP contribution in [0.25, 0.3) is 0 Å². The van der Waals surface area contributed by atoms with Crippen molar-refractivity contribution in [3.8, 4) is 0 Å². The van der Waals surface area contributed by atoms with Crippen LogP contribution >= 0.6 is 11.3 Å². The van der Waals surface area contributed by atoms with Gasteiger partial charge in [-0.25, -0.2) is 0 Å². The van der Waals surface area contributed by atoms with Gasteiger partial charge in [-0.15, -0.1) is 11.3 Å². The zero-order valence-corrected chi connectivity index (χ0v) is 15.0. The minimum absolute atomic E-state index is 0.246. The summed E-state index contributed by atoms with van der Waals surface area (Å²) >= 11 is 1.82. The van der Waals surface area contributed by atoms with E-state index >= 15 is 0 Å². The van der Waals surface area contributed by atoms with Gasteiger partial charge in [0.1, 0.15) is 0 Å². The minimum Gasteiger partial charge on any atom is -0.393 e. The monoisotopic (exact) mass is 336 g/mol. The molecule has 0 bridgehead atoms. The summed E-state index contributed by atoms with van der Waals surface area (Å²) in [5.41, 5.74) is 1.36. The van der Waals surface area contributed by atoms with Crippen molar-refractivity contribution in [3.63, 3.8) is 0 Å². The van der Waals surface area contributed by atoms with E-state index in [1.54, 1.807) is 0 Å². The molecule has 23 heavy (non-hydrogen) atoms. The molecule has 0 saturated carbocycles. The summed E-state index contributed by atoms with van der Waals surface area (Å²) in [6, 6.07) is 2.80. The SMILES string of the molecule is CCC1c2ccsc2CCN1C(=O)CN1CCCC1CC(C)O. The largest absolute Gasteiger partial charge is 0.393 e. The highest BCUT2D eigenvalue weighted by Gasteiger charge is 2.33. The molecular formula is C18H28N2O2S. The second-order valence-corrected chi connectivity index (χ2v) is 7.91. The van der Waals surface area contributed by atoms with E-state index in [2.05, 4.69) is 28.2 Å². The number of rotatable bonds is 5. The van der Waals surface area contributed by atoms with Crippen molar-refractivity contribution in [3.05, 3.63) is 21.9 Å². The number of hydrogen-bond donors (Lipinski definition) is 1. The molecule has 2 aliphatic heterocycles. The molecule has 3 heterocycles. The lowest BCUT2D eigenvalue weighted by atomic mass is 9.97. The third kappa shape index (κ3) is 3.62. The minimum atomic E-state index is -0.289. The van der Waals surface area contributed by atoms with Crippen molar-refractivity contribution in [1.29, 1.82) is 0 Å². The molecule has 3 rings (SSSR count). The van der Waals surface area contributed by atoms with E-state index in [0.717, 1.165) is 45.2 Å². The summed E-state index contributed by atoms with van der Waals surface area (Å²) in [5.74, 6) is 0.256. The summed E-state index contributed by atoms with van der Waals surface area (Å²) in [7, 11) is 0. The fraction of sp³-hybridized carbons (Fsp3) is 0.722. The van der Waals surface area contributed by atoms with Crippen LogP contribution in [-0.2, 0) is 11.2 Å². The molecule has 1 N–H and O–H groups in total. The van der Waals surface area contributed by atoms with Gasteiger partial charge in [-0.1, -0.05) is 6.92 Å². The zero-order valence-electron chi connectivity index (χ0n) is 14.2. The molecular weight excluding hydrogens is 308 g/mol. The first kappa shape index (κ1) is 16.9. The highest BCUT2D eigenvalue weighted by atomic mass is 32.1. The summed E-state index contributed by atoms with van der Waals surface area (Å²) < 4.78 is 0. The second-order valence-electron chi connectivity index (χ2n) is 6.91. The number of hydrogen-bond acceptors (Lipinski definition) is 4. The standard InChI is InChI=1S/C18H28N2O2S/c1-3-16-15-7-10-23-17(15)6-9-20(16)18(22)12-19-8-4-5-14(19)11-13(2)21/h7,10,13-14,16,21H,3-6,8-9,11-12H2,1-2H3. The molecule has 1 aromatic heterocycles. The van der Waals surface area contributed by atoms with Crippen molar-refractivity contribution in [2.24, 2.45) is 0 Å². The quantitative estimate of drug-likeness (QED) is 0.899. The Morgan fingerprint density at radius 1 is 1.48 bits per heavy atom. The second kappa shape index (κ2) is 7.32. The van der Waals surface area contributed by atoms with E-state index in [-0.39, 0.29) is 18.1 Å². The molecule has 5 heteroatoms. The van der Waals surface area contributed by atoms with Gasteiger partial charge in [-0.2, -0.15) is 0 Å². The number of carbonyl (C=O) groups is 1. The van der Waals surface area contributed by atoms with Crippen LogP contribution in [0.15, 0.2) is 11.4 Å². The van der Waals surface area contributed by atoms with Crippen LogP contribution in [-0.4, -0.2) is 52.6 Å². The summed E-state index contributed by atoms with van der Waals surface area (Å²) in [5, 5.41) is 11.8. The molecule has 1 aromatic rings. The van der Waals surface area contributed by atoms with Gasteiger partial charge in [0.05, 0.1) is 18.7 Å². The molecule has 1 saturated heterocycles.